The maximum Gasteiger partial charge on any atom is 0.126 e. The molecule has 1 heteroatoms. The summed E-state index contributed by atoms with van der Waals surface area (Å²) in [5.74, 6) is 0.476. The van der Waals surface area contributed by atoms with Gasteiger partial charge in [-0.1, -0.05) is 51.1 Å². The zero-order valence-electron chi connectivity index (χ0n) is 11.1. The van der Waals surface area contributed by atoms with Gasteiger partial charge in [-0.15, -0.1) is 0 Å². The second-order valence-electron chi connectivity index (χ2n) is 4.20. The predicted octanol–water partition coefficient (Wildman–Crippen LogP) is 5.14. The van der Waals surface area contributed by atoms with Gasteiger partial charge in [0.25, 0.3) is 0 Å². The van der Waals surface area contributed by atoms with Crippen molar-refractivity contribution in [2.24, 2.45) is 5.92 Å². The van der Waals surface area contributed by atoms with Crippen molar-refractivity contribution < 1.29 is 4.39 Å². The van der Waals surface area contributed by atoms with E-state index in [9.17, 15) is 4.39 Å². The summed E-state index contributed by atoms with van der Waals surface area (Å²) in [6.45, 7) is 7.96. The zero-order chi connectivity index (χ0) is 12.8. The lowest BCUT2D eigenvalue weighted by molar-refractivity contribution is 0.618. The van der Waals surface area contributed by atoms with Gasteiger partial charge in [-0.2, -0.15) is 0 Å². The molecule has 2 rings (SSSR count). The van der Waals surface area contributed by atoms with Crippen LogP contribution in [0, 0.1) is 18.7 Å². The van der Waals surface area contributed by atoms with Crippen LogP contribution in [-0.2, 0) is 0 Å². The first-order valence-electron chi connectivity index (χ1n) is 6.31. The van der Waals surface area contributed by atoms with Gasteiger partial charge < -0.3 is 0 Å². The van der Waals surface area contributed by atoms with E-state index in [0.29, 0.717) is 11.5 Å². The van der Waals surface area contributed by atoms with E-state index in [4.69, 9.17) is 0 Å². The van der Waals surface area contributed by atoms with Crippen molar-refractivity contribution in [1.82, 2.24) is 0 Å². The van der Waals surface area contributed by atoms with Crippen molar-refractivity contribution in [1.29, 1.82) is 0 Å². The van der Waals surface area contributed by atoms with Crippen LogP contribution in [0.1, 0.15) is 38.3 Å². The molecule has 0 saturated carbocycles. The minimum atomic E-state index is -0.125. The summed E-state index contributed by atoms with van der Waals surface area (Å²) in [4.78, 5) is 0. The molecule has 0 aliphatic heterocycles. The molecule has 0 fully saturated rings. The molecule has 0 aromatic heterocycles. The fourth-order valence-corrected chi connectivity index (χ4v) is 1.71. The Morgan fingerprint density at radius 1 is 1.24 bits per heavy atom. The van der Waals surface area contributed by atoms with Gasteiger partial charge in [-0.05, 0) is 42.0 Å². The Kier molecular flexibility index (Phi) is 5.14. The van der Waals surface area contributed by atoms with Gasteiger partial charge in [0.2, 0.25) is 0 Å². The summed E-state index contributed by atoms with van der Waals surface area (Å²) in [5.41, 5.74) is 2.81. The van der Waals surface area contributed by atoms with Crippen molar-refractivity contribution in [3.63, 3.8) is 0 Å². The molecule has 1 aliphatic rings. The monoisotopic (exact) mass is 232 g/mol. The molecule has 17 heavy (non-hydrogen) atoms. The summed E-state index contributed by atoms with van der Waals surface area (Å²) in [6.07, 6.45) is 7.47. The van der Waals surface area contributed by atoms with Crippen LogP contribution in [-0.4, -0.2) is 0 Å². The highest BCUT2D eigenvalue weighted by atomic mass is 19.1. The third-order valence-corrected chi connectivity index (χ3v) is 2.82. The van der Waals surface area contributed by atoms with Crippen LogP contribution >= 0.6 is 0 Å². The minimum Gasteiger partial charge on any atom is -0.207 e. The van der Waals surface area contributed by atoms with Crippen molar-refractivity contribution in [3.05, 3.63) is 53.4 Å². The molecular formula is C16H21F. The van der Waals surface area contributed by atoms with Crippen molar-refractivity contribution in [2.45, 2.75) is 34.1 Å². The summed E-state index contributed by atoms with van der Waals surface area (Å²) >= 11 is 0. The van der Waals surface area contributed by atoms with Crippen LogP contribution in [0.15, 0.2) is 36.4 Å². The first-order chi connectivity index (χ1) is 8.16. The summed E-state index contributed by atoms with van der Waals surface area (Å²) < 4.78 is 13.4. The molecule has 92 valence electrons. The van der Waals surface area contributed by atoms with Gasteiger partial charge >= 0.3 is 0 Å². The molecule has 0 saturated heterocycles. The van der Waals surface area contributed by atoms with Crippen LogP contribution in [0.25, 0.3) is 5.57 Å². The number of aryl methyl sites for hydroxylation is 1. The van der Waals surface area contributed by atoms with Crippen molar-refractivity contribution >= 4 is 5.57 Å². The Morgan fingerprint density at radius 3 is 2.47 bits per heavy atom. The predicted molar refractivity (Wildman–Crippen MR) is 73.4 cm³/mol. The molecule has 0 N–H and O–H groups in total. The minimum absolute atomic E-state index is 0.125. The fraction of sp³-hybridized carbons (Fsp3) is 0.375. The lowest BCUT2D eigenvalue weighted by atomic mass is 9.94. The molecule has 0 nitrogen and oxygen atoms in total. The van der Waals surface area contributed by atoms with Gasteiger partial charge in [0.1, 0.15) is 5.82 Å². The highest BCUT2D eigenvalue weighted by Crippen LogP contribution is 2.25. The number of allylic oxidation sites excluding steroid dienone is 4. The lowest BCUT2D eigenvalue weighted by Crippen LogP contribution is -1.95. The highest BCUT2D eigenvalue weighted by Gasteiger charge is 2.07. The SMILES string of the molecule is CC.Cc1ccc(C2=CCC(C)C=C2)cc1F. The largest absolute Gasteiger partial charge is 0.207 e. The third-order valence-electron chi connectivity index (χ3n) is 2.82. The molecule has 1 aliphatic carbocycles. The van der Waals surface area contributed by atoms with Crippen molar-refractivity contribution in [3.8, 4) is 0 Å². The van der Waals surface area contributed by atoms with Crippen LogP contribution in [0.5, 0.6) is 0 Å². The molecule has 0 spiro atoms. The third kappa shape index (κ3) is 3.55. The van der Waals surface area contributed by atoms with E-state index in [1.165, 1.54) is 0 Å². The number of halogens is 1. The Morgan fingerprint density at radius 2 is 1.94 bits per heavy atom. The summed E-state index contributed by atoms with van der Waals surface area (Å²) in [5, 5.41) is 0. The van der Waals surface area contributed by atoms with E-state index in [1.807, 2.05) is 26.0 Å². The van der Waals surface area contributed by atoms with Gasteiger partial charge in [-0.25, -0.2) is 4.39 Å². The molecule has 1 atom stereocenters. The average Bonchev–Trinajstić information content (AvgIpc) is 2.36. The number of rotatable bonds is 1. The Hall–Kier alpha value is -1.37. The smallest absolute Gasteiger partial charge is 0.126 e. The first kappa shape index (κ1) is 13.7. The number of hydrogen-bond acceptors (Lipinski definition) is 0. The van der Waals surface area contributed by atoms with Crippen LogP contribution < -0.4 is 0 Å². The van der Waals surface area contributed by atoms with Gasteiger partial charge in [0, 0.05) is 0 Å². The number of benzene rings is 1. The molecular weight excluding hydrogens is 211 g/mol. The van der Waals surface area contributed by atoms with E-state index in [0.717, 1.165) is 17.6 Å². The topological polar surface area (TPSA) is 0 Å². The molecule has 0 bridgehead atoms. The van der Waals surface area contributed by atoms with E-state index in [2.05, 4.69) is 25.2 Å². The zero-order valence-corrected chi connectivity index (χ0v) is 11.1. The fourth-order valence-electron chi connectivity index (χ4n) is 1.71. The van der Waals surface area contributed by atoms with E-state index >= 15 is 0 Å². The molecule has 0 heterocycles. The van der Waals surface area contributed by atoms with E-state index < -0.39 is 0 Å². The quantitative estimate of drug-likeness (QED) is 0.629. The summed E-state index contributed by atoms with van der Waals surface area (Å²) in [6, 6.07) is 5.42. The summed E-state index contributed by atoms with van der Waals surface area (Å²) in [7, 11) is 0. The second kappa shape index (κ2) is 6.39. The molecule has 1 aromatic rings. The molecule has 0 radical (unpaired) electrons. The lowest BCUT2D eigenvalue weighted by Gasteiger charge is -2.12. The van der Waals surface area contributed by atoms with E-state index in [1.54, 1.807) is 13.0 Å². The maximum atomic E-state index is 13.4. The Balaban J connectivity index is 0.000000686. The molecule has 0 amide bonds. The molecule has 1 aromatic carbocycles. The van der Waals surface area contributed by atoms with Gasteiger partial charge in [0.05, 0.1) is 0 Å². The standard InChI is InChI=1S/C14H15F.C2H6/c1-10-3-6-12(7-4-10)13-8-5-11(2)14(15)9-13;1-2/h3,5-10H,4H2,1-2H3;1-2H3. The Bertz CT molecular complexity index is 427. The normalized spacial score (nSPS) is 18.2. The van der Waals surface area contributed by atoms with Gasteiger partial charge in [0.15, 0.2) is 0 Å². The maximum absolute atomic E-state index is 13.4. The first-order valence-corrected chi connectivity index (χ1v) is 6.31. The van der Waals surface area contributed by atoms with Crippen LogP contribution in [0.3, 0.4) is 0 Å². The van der Waals surface area contributed by atoms with Crippen molar-refractivity contribution in [2.75, 3.05) is 0 Å². The average molecular weight is 232 g/mol. The molecule has 1 unspecified atom stereocenters. The number of hydrogen-bond donors (Lipinski definition) is 0. The Labute approximate surface area is 104 Å². The van der Waals surface area contributed by atoms with Crippen LogP contribution in [0.4, 0.5) is 4.39 Å². The highest BCUT2D eigenvalue weighted by molar-refractivity contribution is 5.75. The van der Waals surface area contributed by atoms with Crippen LogP contribution in [0.2, 0.25) is 0 Å². The van der Waals surface area contributed by atoms with Gasteiger partial charge in [-0.3, -0.25) is 0 Å². The van der Waals surface area contributed by atoms with E-state index in [-0.39, 0.29) is 5.82 Å². The second-order valence-corrected chi connectivity index (χ2v) is 4.20.